The van der Waals surface area contributed by atoms with Gasteiger partial charge in [0.25, 0.3) is 0 Å². The van der Waals surface area contributed by atoms with E-state index in [1.54, 1.807) is 0 Å². The van der Waals surface area contributed by atoms with Crippen molar-refractivity contribution < 1.29 is 0 Å². The van der Waals surface area contributed by atoms with Crippen molar-refractivity contribution in [1.29, 1.82) is 0 Å². The van der Waals surface area contributed by atoms with Crippen molar-refractivity contribution in [2.24, 2.45) is 0 Å². The molecule has 1 aliphatic carbocycles. The standard InChI is InChI=1S/C28H31N5/c1-2-8-22-13-15-33(14-12-21(22)7-1)19-20-6-5-9-23(16-20)25-17-29-27-26(25)18-30-28(32-27)31-24-10-3-4-11-24/h1-2,5-9,16-18,24H,3-4,10-15,19H2,(H2,29,30,31,32). The Bertz CT molecular complexity index is 1230. The van der Waals surface area contributed by atoms with Crippen LogP contribution in [0.25, 0.3) is 22.2 Å². The third-order valence-corrected chi connectivity index (χ3v) is 7.28. The number of nitrogens with one attached hydrogen (secondary N) is 2. The number of hydrogen-bond donors (Lipinski definition) is 2. The molecule has 0 spiro atoms. The summed E-state index contributed by atoms with van der Waals surface area (Å²) < 4.78 is 0. The Labute approximate surface area is 195 Å². The fourth-order valence-corrected chi connectivity index (χ4v) is 5.44. The molecule has 2 aliphatic rings. The highest BCUT2D eigenvalue weighted by Crippen LogP contribution is 2.29. The molecule has 0 saturated heterocycles. The number of H-pyrrole nitrogens is 1. The van der Waals surface area contributed by atoms with E-state index in [2.05, 4.69) is 74.9 Å². The fraction of sp³-hybridized carbons (Fsp3) is 0.357. The Hall–Kier alpha value is -3.18. The Balaban J connectivity index is 1.19. The minimum atomic E-state index is 0.514. The van der Waals surface area contributed by atoms with Crippen LogP contribution in [-0.2, 0) is 19.4 Å². The van der Waals surface area contributed by atoms with E-state index in [0.29, 0.717) is 6.04 Å². The lowest BCUT2D eigenvalue weighted by Crippen LogP contribution is -2.25. The first-order chi connectivity index (χ1) is 16.3. The van der Waals surface area contributed by atoms with Gasteiger partial charge in [0, 0.05) is 49.0 Å². The summed E-state index contributed by atoms with van der Waals surface area (Å²) in [6, 6.07) is 18.3. The second-order valence-corrected chi connectivity index (χ2v) is 9.53. The molecule has 3 heterocycles. The average molecular weight is 438 g/mol. The highest BCUT2D eigenvalue weighted by Gasteiger charge is 2.17. The predicted octanol–water partition coefficient (Wildman–Crippen LogP) is 5.58. The van der Waals surface area contributed by atoms with Crippen LogP contribution >= 0.6 is 0 Å². The normalized spacial score (nSPS) is 17.2. The van der Waals surface area contributed by atoms with Crippen LogP contribution in [0.5, 0.6) is 0 Å². The van der Waals surface area contributed by atoms with Crippen molar-refractivity contribution in [2.45, 2.75) is 51.1 Å². The van der Waals surface area contributed by atoms with Gasteiger partial charge in [0.2, 0.25) is 5.95 Å². The van der Waals surface area contributed by atoms with Crippen molar-refractivity contribution in [3.63, 3.8) is 0 Å². The van der Waals surface area contributed by atoms with Crippen LogP contribution in [0, 0.1) is 0 Å². The summed E-state index contributed by atoms with van der Waals surface area (Å²) in [5.74, 6) is 0.735. The van der Waals surface area contributed by atoms with E-state index in [0.717, 1.165) is 49.5 Å². The summed E-state index contributed by atoms with van der Waals surface area (Å²) in [7, 11) is 0. The molecule has 0 bridgehead atoms. The van der Waals surface area contributed by atoms with E-state index in [9.17, 15) is 0 Å². The maximum Gasteiger partial charge on any atom is 0.224 e. The van der Waals surface area contributed by atoms with Gasteiger partial charge in [0.05, 0.1) is 0 Å². The molecule has 0 radical (unpaired) electrons. The van der Waals surface area contributed by atoms with Crippen LogP contribution in [0.3, 0.4) is 0 Å². The Kier molecular flexibility index (Phi) is 5.56. The average Bonchev–Trinajstić information content (AvgIpc) is 3.46. The SMILES string of the molecule is c1cc(CN2CCc3ccccc3CC2)cc(-c2c[nH]c3nc(NC4CCCC4)ncc23)c1. The maximum atomic E-state index is 4.75. The van der Waals surface area contributed by atoms with Crippen molar-refractivity contribution in [2.75, 3.05) is 18.4 Å². The molecule has 1 aliphatic heterocycles. The second-order valence-electron chi connectivity index (χ2n) is 9.53. The van der Waals surface area contributed by atoms with Gasteiger partial charge >= 0.3 is 0 Å². The lowest BCUT2D eigenvalue weighted by molar-refractivity contribution is 0.279. The minimum Gasteiger partial charge on any atom is -0.351 e. The zero-order valence-corrected chi connectivity index (χ0v) is 19.1. The molecule has 33 heavy (non-hydrogen) atoms. The van der Waals surface area contributed by atoms with E-state index in [1.807, 2.05) is 6.20 Å². The van der Waals surface area contributed by atoms with Gasteiger partial charge in [0.15, 0.2) is 0 Å². The molecule has 2 aromatic carbocycles. The van der Waals surface area contributed by atoms with Crippen LogP contribution in [0.1, 0.15) is 42.4 Å². The van der Waals surface area contributed by atoms with Crippen molar-refractivity contribution >= 4 is 17.0 Å². The Morgan fingerprint density at radius 3 is 2.55 bits per heavy atom. The smallest absolute Gasteiger partial charge is 0.224 e. The third kappa shape index (κ3) is 4.38. The molecule has 0 amide bonds. The molecule has 0 unspecified atom stereocenters. The monoisotopic (exact) mass is 437 g/mol. The van der Waals surface area contributed by atoms with Crippen LogP contribution in [0.4, 0.5) is 5.95 Å². The Morgan fingerprint density at radius 1 is 0.970 bits per heavy atom. The number of nitrogens with zero attached hydrogens (tertiary/aromatic N) is 3. The van der Waals surface area contributed by atoms with Gasteiger partial charge in [-0.05, 0) is 54.0 Å². The van der Waals surface area contributed by atoms with E-state index >= 15 is 0 Å². The van der Waals surface area contributed by atoms with E-state index in [4.69, 9.17) is 4.98 Å². The van der Waals surface area contributed by atoms with Crippen LogP contribution in [-0.4, -0.2) is 39.0 Å². The highest BCUT2D eigenvalue weighted by molar-refractivity contribution is 5.93. The largest absolute Gasteiger partial charge is 0.351 e. The number of anilines is 1. The zero-order chi connectivity index (χ0) is 22.0. The molecule has 5 nitrogen and oxygen atoms in total. The maximum absolute atomic E-state index is 4.75. The quantitative estimate of drug-likeness (QED) is 0.428. The molecule has 4 aromatic rings. The van der Waals surface area contributed by atoms with Crippen molar-refractivity contribution in [3.8, 4) is 11.1 Å². The van der Waals surface area contributed by atoms with Crippen LogP contribution in [0.15, 0.2) is 60.9 Å². The number of rotatable bonds is 5. The van der Waals surface area contributed by atoms with Crippen molar-refractivity contribution in [3.05, 3.63) is 77.6 Å². The molecular weight excluding hydrogens is 406 g/mol. The third-order valence-electron chi connectivity index (χ3n) is 7.28. The van der Waals surface area contributed by atoms with Gasteiger partial charge in [-0.3, -0.25) is 4.90 Å². The molecule has 1 saturated carbocycles. The van der Waals surface area contributed by atoms with E-state index < -0.39 is 0 Å². The molecule has 168 valence electrons. The number of hydrogen-bond acceptors (Lipinski definition) is 4. The van der Waals surface area contributed by atoms with Gasteiger partial charge in [-0.25, -0.2) is 4.98 Å². The first kappa shape index (κ1) is 20.4. The van der Waals surface area contributed by atoms with Crippen LogP contribution < -0.4 is 5.32 Å². The van der Waals surface area contributed by atoms with Crippen molar-refractivity contribution in [1.82, 2.24) is 19.9 Å². The first-order valence-electron chi connectivity index (χ1n) is 12.3. The van der Waals surface area contributed by atoms with Gasteiger partial charge in [0.1, 0.15) is 5.65 Å². The number of aromatic amines is 1. The molecule has 2 N–H and O–H groups in total. The molecule has 5 heteroatoms. The van der Waals surface area contributed by atoms with Gasteiger partial charge in [-0.15, -0.1) is 0 Å². The minimum absolute atomic E-state index is 0.514. The summed E-state index contributed by atoms with van der Waals surface area (Å²) in [5, 5.41) is 4.58. The topological polar surface area (TPSA) is 56.8 Å². The van der Waals surface area contributed by atoms with Gasteiger partial charge in [-0.2, -0.15) is 4.98 Å². The molecule has 1 fully saturated rings. The van der Waals surface area contributed by atoms with Gasteiger partial charge in [-0.1, -0.05) is 55.3 Å². The Morgan fingerprint density at radius 2 is 1.76 bits per heavy atom. The number of aromatic nitrogens is 3. The zero-order valence-electron chi connectivity index (χ0n) is 19.1. The lowest BCUT2D eigenvalue weighted by Gasteiger charge is -2.20. The summed E-state index contributed by atoms with van der Waals surface area (Å²) in [6.07, 6.45) is 11.3. The van der Waals surface area contributed by atoms with E-state index in [-0.39, 0.29) is 0 Å². The lowest BCUT2D eigenvalue weighted by atomic mass is 10.0. The summed E-state index contributed by atoms with van der Waals surface area (Å²) in [5.41, 5.74) is 7.66. The number of benzene rings is 2. The molecule has 6 rings (SSSR count). The fourth-order valence-electron chi connectivity index (χ4n) is 5.44. The highest BCUT2D eigenvalue weighted by atomic mass is 15.1. The number of fused-ring (bicyclic) bond motifs is 2. The predicted molar refractivity (Wildman–Crippen MR) is 134 cm³/mol. The second kappa shape index (κ2) is 8.99. The molecular formula is C28H31N5. The summed E-state index contributed by atoms with van der Waals surface area (Å²) >= 11 is 0. The summed E-state index contributed by atoms with van der Waals surface area (Å²) in [4.78, 5) is 15.3. The molecule has 2 aromatic heterocycles. The molecule has 0 atom stereocenters. The van der Waals surface area contributed by atoms with E-state index in [1.165, 1.54) is 53.5 Å². The van der Waals surface area contributed by atoms with Crippen LogP contribution in [0.2, 0.25) is 0 Å². The summed E-state index contributed by atoms with van der Waals surface area (Å²) in [6.45, 7) is 3.20. The van der Waals surface area contributed by atoms with Gasteiger partial charge < -0.3 is 10.3 Å². The first-order valence-corrected chi connectivity index (χ1v) is 12.3.